The van der Waals surface area contributed by atoms with E-state index < -0.39 is 0 Å². The first-order valence-electron chi connectivity index (χ1n) is 12.8. The van der Waals surface area contributed by atoms with Gasteiger partial charge in [-0.15, -0.1) is 0 Å². The highest BCUT2D eigenvalue weighted by Crippen LogP contribution is 2.31. The van der Waals surface area contributed by atoms with Crippen LogP contribution in [0.3, 0.4) is 0 Å². The van der Waals surface area contributed by atoms with Crippen LogP contribution in [0.4, 0.5) is 0 Å². The molecule has 0 aliphatic carbocycles. The minimum atomic E-state index is 1.00. The molecule has 0 heteroatoms. The van der Waals surface area contributed by atoms with Gasteiger partial charge in [0.25, 0.3) is 0 Å². The standard InChI is InChI=1S/C26H54/c1-5-9-11-13-14-15-16-17-18-19-21-24-26(23-20-12-10-6-2)25(8-4)22-7-3/h25-26H,5-24H2,1-4H3. The summed E-state index contributed by atoms with van der Waals surface area (Å²) in [6, 6.07) is 0. The van der Waals surface area contributed by atoms with Crippen LogP contribution in [-0.4, -0.2) is 0 Å². The van der Waals surface area contributed by atoms with E-state index in [1.54, 1.807) is 0 Å². The van der Waals surface area contributed by atoms with E-state index in [1.165, 1.54) is 128 Å². The predicted octanol–water partition coefficient (Wildman–Crippen LogP) is 10.1. The van der Waals surface area contributed by atoms with Crippen LogP contribution in [-0.2, 0) is 0 Å². The summed E-state index contributed by atoms with van der Waals surface area (Å²) in [5, 5.41) is 0. The van der Waals surface area contributed by atoms with Crippen molar-refractivity contribution in [1.29, 1.82) is 0 Å². The first-order valence-corrected chi connectivity index (χ1v) is 12.8. The first-order chi connectivity index (χ1) is 12.8. The largest absolute Gasteiger partial charge is 0.0654 e. The predicted molar refractivity (Wildman–Crippen MR) is 122 cm³/mol. The van der Waals surface area contributed by atoms with Gasteiger partial charge in [0.2, 0.25) is 0 Å². The van der Waals surface area contributed by atoms with E-state index in [9.17, 15) is 0 Å². The number of unbranched alkanes of at least 4 members (excludes halogenated alkanes) is 13. The smallest absolute Gasteiger partial charge is 0.0386 e. The van der Waals surface area contributed by atoms with Crippen molar-refractivity contribution >= 4 is 0 Å². The van der Waals surface area contributed by atoms with Gasteiger partial charge in [0.05, 0.1) is 0 Å². The quantitative estimate of drug-likeness (QED) is 0.177. The zero-order valence-electron chi connectivity index (χ0n) is 19.3. The Morgan fingerprint density at radius 1 is 0.346 bits per heavy atom. The lowest BCUT2D eigenvalue weighted by Gasteiger charge is -2.26. The molecule has 0 spiro atoms. The van der Waals surface area contributed by atoms with Crippen molar-refractivity contribution in [1.82, 2.24) is 0 Å². The third-order valence-corrected chi connectivity index (χ3v) is 6.46. The number of rotatable bonds is 21. The molecular weight excluding hydrogens is 312 g/mol. The van der Waals surface area contributed by atoms with Crippen molar-refractivity contribution < 1.29 is 0 Å². The molecule has 0 N–H and O–H groups in total. The Balaban J connectivity index is 3.76. The zero-order valence-corrected chi connectivity index (χ0v) is 19.3. The van der Waals surface area contributed by atoms with Gasteiger partial charge in [-0.05, 0) is 11.8 Å². The molecule has 2 unspecified atom stereocenters. The molecule has 0 rings (SSSR count). The SMILES string of the molecule is CCCCCCCCCCCCCC(CCCCCC)C(CC)CCC. The summed E-state index contributed by atoms with van der Waals surface area (Å²) in [7, 11) is 0. The van der Waals surface area contributed by atoms with Crippen molar-refractivity contribution in [2.45, 2.75) is 156 Å². The second kappa shape index (κ2) is 21.3. The summed E-state index contributed by atoms with van der Waals surface area (Å²) in [6.45, 7) is 9.44. The molecule has 158 valence electrons. The highest BCUT2D eigenvalue weighted by atomic mass is 14.2. The lowest BCUT2D eigenvalue weighted by Crippen LogP contribution is -2.14. The van der Waals surface area contributed by atoms with Crippen LogP contribution in [0.2, 0.25) is 0 Å². The molecule has 26 heavy (non-hydrogen) atoms. The molecule has 0 saturated carbocycles. The van der Waals surface area contributed by atoms with Gasteiger partial charge in [0.1, 0.15) is 0 Å². The van der Waals surface area contributed by atoms with Gasteiger partial charge in [-0.3, -0.25) is 0 Å². The fourth-order valence-electron chi connectivity index (χ4n) is 4.66. The summed E-state index contributed by atoms with van der Waals surface area (Å²) in [4.78, 5) is 0. The Labute approximate surface area is 168 Å². The maximum Gasteiger partial charge on any atom is -0.0386 e. The first kappa shape index (κ1) is 26.0. The average molecular weight is 367 g/mol. The van der Waals surface area contributed by atoms with Crippen LogP contribution >= 0.6 is 0 Å². The molecule has 0 aliphatic heterocycles. The van der Waals surface area contributed by atoms with Crippen molar-refractivity contribution in [2.75, 3.05) is 0 Å². The maximum atomic E-state index is 2.43. The molecular formula is C26H54. The summed E-state index contributed by atoms with van der Waals surface area (Å²) in [5.41, 5.74) is 0. The third kappa shape index (κ3) is 16.2. The fourth-order valence-corrected chi connectivity index (χ4v) is 4.66. The van der Waals surface area contributed by atoms with Gasteiger partial charge in [-0.1, -0.05) is 156 Å². The van der Waals surface area contributed by atoms with E-state index in [2.05, 4.69) is 27.7 Å². The molecule has 0 aromatic heterocycles. The Morgan fingerprint density at radius 3 is 1.12 bits per heavy atom. The minimum Gasteiger partial charge on any atom is -0.0654 e. The summed E-state index contributed by atoms with van der Waals surface area (Å²) in [5.74, 6) is 2.03. The highest BCUT2D eigenvalue weighted by Gasteiger charge is 2.18. The molecule has 0 saturated heterocycles. The van der Waals surface area contributed by atoms with Gasteiger partial charge in [0.15, 0.2) is 0 Å². The molecule has 0 bridgehead atoms. The van der Waals surface area contributed by atoms with Crippen molar-refractivity contribution in [2.24, 2.45) is 11.8 Å². The van der Waals surface area contributed by atoms with Crippen LogP contribution in [0.25, 0.3) is 0 Å². The van der Waals surface area contributed by atoms with Crippen LogP contribution in [0, 0.1) is 11.8 Å². The fraction of sp³-hybridized carbons (Fsp3) is 1.00. The van der Waals surface area contributed by atoms with Crippen LogP contribution in [0.1, 0.15) is 156 Å². The van der Waals surface area contributed by atoms with E-state index in [-0.39, 0.29) is 0 Å². The lowest BCUT2D eigenvalue weighted by atomic mass is 9.80. The molecule has 0 amide bonds. The summed E-state index contributed by atoms with van der Waals surface area (Å²) in [6.07, 6.45) is 29.2. The van der Waals surface area contributed by atoms with E-state index >= 15 is 0 Å². The molecule has 0 heterocycles. The second-order valence-corrected chi connectivity index (χ2v) is 8.89. The van der Waals surface area contributed by atoms with Gasteiger partial charge < -0.3 is 0 Å². The molecule has 0 radical (unpaired) electrons. The second-order valence-electron chi connectivity index (χ2n) is 8.89. The lowest BCUT2D eigenvalue weighted by molar-refractivity contribution is 0.253. The molecule has 2 atom stereocenters. The van der Waals surface area contributed by atoms with E-state index in [1.807, 2.05) is 0 Å². The van der Waals surface area contributed by atoms with Gasteiger partial charge in [-0.25, -0.2) is 0 Å². The number of hydrogen-bond donors (Lipinski definition) is 0. The molecule has 0 nitrogen and oxygen atoms in total. The zero-order chi connectivity index (χ0) is 19.3. The van der Waals surface area contributed by atoms with Gasteiger partial charge >= 0.3 is 0 Å². The van der Waals surface area contributed by atoms with Gasteiger partial charge in [-0.2, -0.15) is 0 Å². The van der Waals surface area contributed by atoms with E-state index in [0.717, 1.165) is 11.8 Å². The van der Waals surface area contributed by atoms with Crippen molar-refractivity contribution in [3.8, 4) is 0 Å². The van der Waals surface area contributed by atoms with E-state index in [4.69, 9.17) is 0 Å². The summed E-state index contributed by atoms with van der Waals surface area (Å²) >= 11 is 0. The van der Waals surface area contributed by atoms with Crippen molar-refractivity contribution in [3.05, 3.63) is 0 Å². The Hall–Kier alpha value is 0. The third-order valence-electron chi connectivity index (χ3n) is 6.46. The Bertz CT molecular complexity index is 244. The molecule has 0 aromatic carbocycles. The molecule has 0 aliphatic rings. The molecule has 0 aromatic rings. The normalized spacial score (nSPS) is 13.8. The maximum absolute atomic E-state index is 2.43. The topological polar surface area (TPSA) is 0 Å². The molecule has 0 fully saturated rings. The van der Waals surface area contributed by atoms with E-state index in [0.29, 0.717) is 0 Å². The van der Waals surface area contributed by atoms with Crippen LogP contribution in [0.5, 0.6) is 0 Å². The monoisotopic (exact) mass is 366 g/mol. The Kier molecular flexibility index (Phi) is 21.3. The van der Waals surface area contributed by atoms with Crippen LogP contribution in [0.15, 0.2) is 0 Å². The van der Waals surface area contributed by atoms with Crippen LogP contribution < -0.4 is 0 Å². The number of hydrogen-bond acceptors (Lipinski definition) is 0. The van der Waals surface area contributed by atoms with Crippen molar-refractivity contribution in [3.63, 3.8) is 0 Å². The minimum absolute atomic E-state index is 1.00. The van der Waals surface area contributed by atoms with Gasteiger partial charge in [0, 0.05) is 0 Å². The average Bonchev–Trinajstić information content (AvgIpc) is 2.66. The highest BCUT2D eigenvalue weighted by molar-refractivity contribution is 4.70. The Morgan fingerprint density at radius 2 is 0.731 bits per heavy atom. The summed E-state index contributed by atoms with van der Waals surface area (Å²) < 4.78 is 0.